The van der Waals surface area contributed by atoms with E-state index < -0.39 is 20.1 Å². The third kappa shape index (κ3) is 2.85. The van der Waals surface area contributed by atoms with Crippen molar-refractivity contribution >= 4 is 20.1 Å². The molecule has 0 saturated carbocycles. The Morgan fingerprint density at radius 3 is 1.78 bits per heavy atom. The topological polar surface area (TPSA) is 0 Å². The van der Waals surface area contributed by atoms with Crippen molar-refractivity contribution in [3.63, 3.8) is 0 Å². The van der Waals surface area contributed by atoms with E-state index in [-0.39, 0.29) is 0 Å². The van der Waals surface area contributed by atoms with Gasteiger partial charge in [0.25, 0.3) is 0 Å². The molecule has 0 aromatic carbocycles. The molecular formula is C7H19IN+. The molecule has 0 saturated heterocycles. The van der Waals surface area contributed by atoms with Crippen LogP contribution in [-0.4, -0.2) is 32.7 Å². The molecule has 0 bridgehead atoms. The zero-order valence-corrected chi connectivity index (χ0v) is 9.40. The number of halogens is 1. The van der Waals surface area contributed by atoms with Crippen molar-refractivity contribution < 1.29 is 2.70 Å². The molecule has 0 fully saturated rings. The maximum absolute atomic E-state index is 2.47. The third-order valence-corrected chi connectivity index (χ3v) is 9.27. The minimum absolute atomic E-state index is 0.613. The predicted octanol–water partition coefficient (Wildman–Crippen LogP) is 2.15. The molecule has 0 N–H and O–H groups in total. The maximum atomic E-state index is 2.47. The van der Waals surface area contributed by atoms with E-state index in [1.165, 1.54) is 13.7 Å². The van der Waals surface area contributed by atoms with Crippen LogP contribution in [0.15, 0.2) is 0 Å². The Bertz CT molecular complexity index is 81.0. The quantitative estimate of drug-likeness (QED) is 0.405. The first kappa shape index (κ1) is 9.69. The van der Waals surface area contributed by atoms with Crippen LogP contribution in [0, 0.1) is 0 Å². The molecule has 9 heavy (non-hydrogen) atoms. The number of alkyl halides is 2. The van der Waals surface area contributed by atoms with E-state index in [0.29, 0.717) is 0 Å². The molecule has 0 aliphatic heterocycles. The molecule has 0 radical (unpaired) electrons. The molecule has 0 atom stereocenters. The van der Waals surface area contributed by atoms with E-state index in [2.05, 4.69) is 32.9 Å². The zero-order valence-electron chi connectivity index (χ0n) is 7.24. The summed E-state index contributed by atoms with van der Waals surface area (Å²) in [4.78, 5) is 2.47. The average Bonchev–Trinajstić information content (AvgIpc) is 1.86. The molecule has 0 heterocycles. The molecule has 0 rings (SSSR count). The molecule has 0 spiro atoms. The molecule has 2 heteroatoms. The van der Waals surface area contributed by atoms with Gasteiger partial charge >= 0.3 is 66.6 Å². The number of nitrogens with zero attached hydrogens (tertiary/aromatic N) is 1. The Morgan fingerprint density at radius 2 is 1.67 bits per heavy atom. The van der Waals surface area contributed by atoms with Crippen LogP contribution < -0.4 is 0 Å². The average molecular weight is 244 g/mol. The normalized spacial score (nSPS) is 13.7. The first-order valence-corrected chi connectivity index (χ1v) is 8.09. The van der Waals surface area contributed by atoms with Crippen molar-refractivity contribution in [3.05, 3.63) is 0 Å². The summed E-state index contributed by atoms with van der Waals surface area (Å²) in [5.74, 6) is 0. The van der Waals surface area contributed by atoms with E-state index in [9.17, 15) is 0 Å². The Balaban J connectivity index is 3.80. The van der Waals surface area contributed by atoms with Gasteiger partial charge in [-0.25, -0.2) is 0 Å². The SMILES string of the molecule is CCI(C)[N+](C)(C)CC. The zero-order chi connectivity index (χ0) is 7.49. The summed E-state index contributed by atoms with van der Waals surface area (Å²) >= 11 is -0.613. The van der Waals surface area contributed by atoms with Gasteiger partial charge in [-0.05, 0) is 0 Å². The summed E-state index contributed by atoms with van der Waals surface area (Å²) in [6.45, 7) is 5.90. The van der Waals surface area contributed by atoms with Crippen molar-refractivity contribution in [1.82, 2.24) is 0 Å². The van der Waals surface area contributed by atoms with Crippen LogP contribution in [0.3, 0.4) is 0 Å². The molecule has 0 aromatic heterocycles. The summed E-state index contributed by atoms with van der Waals surface area (Å²) in [6.07, 6.45) is 0. The number of quaternary nitrogens is 1. The second-order valence-electron chi connectivity index (χ2n) is 2.68. The predicted molar refractivity (Wildman–Crippen MR) is 53.1 cm³/mol. The summed E-state index contributed by atoms with van der Waals surface area (Å²) in [5.41, 5.74) is 0. The first-order valence-electron chi connectivity index (χ1n) is 3.44. The second kappa shape index (κ2) is 3.76. The standard InChI is InChI=1S/C7H19IN/c1-6-8(3)9(4,5)7-2/h6-7H2,1-5H3/q+1. The molecule has 0 amide bonds. The van der Waals surface area contributed by atoms with Crippen LogP contribution in [0.2, 0.25) is 0 Å². The van der Waals surface area contributed by atoms with Crippen LogP contribution in [-0.2, 0) is 0 Å². The van der Waals surface area contributed by atoms with E-state index in [0.717, 1.165) is 0 Å². The van der Waals surface area contributed by atoms with Gasteiger partial charge in [0.2, 0.25) is 0 Å². The molecule has 0 aliphatic rings. The Labute approximate surface area is 66.8 Å². The van der Waals surface area contributed by atoms with E-state index in [1.54, 1.807) is 0 Å². The van der Waals surface area contributed by atoms with Crippen LogP contribution in [0.25, 0.3) is 0 Å². The fraction of sp³-hybridized carbons (Fsp3) is 1.00. The first-order chi connectivity index (χ1) is 4.04. The van der Waals surface area contributed by atoms with Gasteiger partial charge in [0.15, 0.2) is 0 Å². The molecule has 0 aliphatic carbocycles. The third-order valence-electron chi connectivity index (χ3n) is 1.92. The summed E-state index contributed by atoms with van der Waals surface area (Å²) in [7, 11) is 4.71. The van der Waals surface area contributed by atoms with Gasteiger partial charge in [0.1, 0.15) is 0 Å². The molecule has 58 valence electrons. The molecule has 0 unspecified atom stereocenters. The van der Waals surface area contributed by atoms with Crippen LogP contribution in [0.4, 0.5) is 0 Å². The van der Waals surface area contributed by atoms with Crippen molar-refractivity contribution in [2.24, 2.45) is 0 Å². The van der Waals surface area contributed by atoms with Crippen molar-refractivity contribution in [2.45, 2.75) is 13.8 Å². The summed E-state index contributed by atoms with van der Waals surface area (Å²) in [5, 5.41) is 0. The Morgan fingerprint density at radius 1 is 1.22 bits per heavy atom. The van der Waals surface area contributed by atoms with Crippen LogP contribution in [0.1, 0.15) is 13.8 Å². The fourth-order valence-electron chi connectivity index (χ4n) is 0.528. The van der Waals surface area contributed by atoms with Crippen molar-refractivity contribution in [1.29, 1.82) is 0 Å². The van der Waals surface area contributed by atoms with Gasteiger partial charge in [-0.15, -0.1) is 0 Å². The van der Waals surface area contributed by atoms with Gasteiger partial charge in [-0.2, -0.15) is 0 Å². The Kier molecular flexibility index (Phi) is 4.05. The minimum atomic E-state index is -0.613. The molecule has 1 nitrogen and oxygen atoms in total. The van der Waals surface area contributed by atoms with Crippen LogP contribution >= 0.6 is 20.1 Å². The van der Waals surface area contributed by atoms with E-state index >= 15 is 0 Å². The monoisotopic (exact) mass is 244 g/mol. The fourth-order valence-corrected chi connectivity index (χ4v) is 3.54. The van der Waals surface area contributed by atoms with Crippen LogP contribution in [0.5, 0.6) is 0 Å². The number of hydrogen-bond donors (Lipinski definition) is 0. The van der Waals surface area contributed by atoms with Crippen molar-refractivity contribution in [3.8, 4) is 0 Å². The van der Waals surface area contributed by atoms with E-state index in [4.69, 9.17) is 0 Å². The second-order valence-corrected chi connectivity index (χ2v) is 9.99. The molecule has 0 aromatic rings. The molecular weight excluding hydrogens is 225 g/mol. The van der Waals surface area contributed by atoms with Gasteiger partial charge in [-0.1, -0.05) is 0 Å². The van der Waals surface area contributed by atoms with Gasteiger partial charge in [0, 0.05) is 0 Å². The van der Waals surface area contributed by atoms with Crippen molar-refractivity contribution in [2.75, 3.05) is 30.0 Å². The van der Waals surface area contributed by atoms with Gasteiger partial charge in [-0.3, -0.25) is 0 Å². The van der Waals surface area contributed by atoms with Gasteiger partial charge in [0.05, 0.1) is 0 Å². The van der Waals surface area contributed by atoms with E-state index in [1.807, 2.05) is 0 Å². The summed E-state index contributed by atoms with van der Waals surface area (Å²) in [6, 6.07) is 0. The number of rotatable bonds is 3. The number of hydrogen-bond acceptors (Lipinski definition) is 0. The summed E-state index contributed by atoms with van der Waals surface area (Å²) < 4.78 is 2.74. The van der Waals surface area contributed by atoms with Gasteiger partial charge < -0.3 is 0 Å². The Hall–Kier alpha value is 0.690.